The molecular formula is C17H23N2O4PS. The molecular weight excluding hydrogens is 359 g/mol. The number of hydrogen-bond acceptors (Lipinski definition) is 7. The molecule has 0 aliphatic heterocycles. The van der Waals surface area contributed by atoms with Gasteiger partial charge in [0.05, 0.1) is 24.4 Å². The Balaban J connectivity index is 1.94. The van der Waals surface area contributed by atoms with Crippen molar-refractivity contribution in [3.05, 3.63) is 28.1 Å². The van der Waals surface area contributed by atoms with Crippen LogP contribution in [0, 0.1) is 0 Å². The Labute approximate surface area is 152 Å². The Morgan fingerprint density at radius 1 is 1.24 bits per heavy atom. The second-order valence-electron chi connectivity index (χ2n) is 5.85. The van der Waals surface area contributed by atoms with Crippen LogP contribution < -0.4 is 9.64 Å². The molecule has 1 aliphatic carbocycles. The van der Waals surface area contributed by atoms with Gasteiger partial charge in [-0.25, -0.2) is 4.98 Å². The summed E-state index contributed by atoms with van der Waals surface area (Å²) in [6.45, 7) is 4.21. The topological polar surface area (TPSA) is 60.9 Å². The molecule has 0 saturated heterocycles. The summed E-state index contributed by atoms with van der Waals surface area (Å²) in [5.41, 5.74) is 6.14. The van der Waals surface area contributed by atoms with Gasteiger partial charge >= 0.3 is 7.60 Å². The highest BCUT2D eigenvalue weighted by molar-refractivity contribution is 7.53. The van der Waals surface area contributed by atoms with Crippen LogP contribution in [0.4, 0.5) is 5.69 Å². The Kier molecular flexibility index (Phi) is 5.49. The van der Waals surface area contributed by atoms with Crippen molar-refractivity contribution < 1.29 is 18.3 Å². The first-order valence-electron chi connectivity index (χ1n) is 8.26. The van der Waals surface area contributed by atoms with Gasteiger partial charge in [0.25, 0.3) is 0 Å². The van der Waals surface area contributed by atoms with Crippen LogP contribution in [-0.4, -0.2) is 38.6 Å². The van der Waals surface area contributed by atoms with Crippen LogP contribution in [0.3, 0.4) is 0 Å². The Morgan fingerprint density at radius 3 is 2.60 bits per heavy atom. The predicted octanol–water partition coefficient (Wildman–Crippen LogP) is 4.38. The first-order chi connectivity index (χ1) is 12.0. The highest BCUT2D eigenvalue weighted by Gasteiger charge is 2.30. The quantitative estimate of drug-likeness (QED) is 0.539. The standard InChI is InChI=1S/C17H23N2O4PS/c1-5-22-24(20,23-6-2)11-21-14-8-7-13(19(3)4)12-9-15-17(16(12)14)18-10-25-15/h7-8,10H,5-6,9,11H2,1-4H3. The van der Waals surface area contributed by atoms with E-state index in [2.05, 4.69) is 9.88 Å². The van der Waals surface area contributed by atoms with Gasteiger partial charge in [0.15, 0.2) is 6.35 Å². The van der Waals surface area contributed by atoms with Crippen molar-refractivity contribution in [2.24, 2.45) is 0 Å². The van der Waals surface area contributed by atoms with Gasteiger partial charge in [0.2, 0.25) is 0 Å². The van der Waals surface area contributed by atoms with Crippen molar-refractivity contribution in [3.63, 3.8) is 0 Å². The summed E-state index contributed by atoms with van der Waals surface area (Å²) in [6.07, 6.45) is 0.733. The van der Waals surface area contributed by atoms with E-state index in [-0.39, 0.29) is 6.35 Å². The molecule has 3 rings (SSSR count). The normalized spacial score (nSPS) is 12.8. The predicted molar refractivity (Wildman–Crippen MR) is 101 cm³/mol. The number of nitrogens with zero attached hydrogens (tertiary/aromatic N) is 2. The molecule has 25 heavy (non-hydrogen) atoms. The summed E-state index contributed by atoms with van der Waals surface area (Å²) in [4.78, 5) is 7.82. The number of hydrogen-bond donors (Lipinski definition) is 0. The fourth-order valence-corrected chi connectivity index (χ4v) is 5.09. The molecule has 8 heteroatoms. The molecule has 0 fully saturated rings. The summed E-state index contributed by atoms with van der Waals surface area (Å²) in [6, 6.07) is 3.93. The number of anilines is 1. The first-order valence-corrected chi connectivity index (χ1v) is 10.9. The zero-order valence-electron chi connectivity index (χ0n) is 14.9. The van der Waals surface area contributed by atoms with Crippen LogP contribution in [0.15, 0.2) is 17.6 Å². The third-order valence-electron chi connectivity index (χ3n) is 3.98. The van der Waals surface area contributed by atoms with Crippen molar-refractivity contribution >= 4 is 24.6 Å². The van der Waals surface area contributed by atoms with E-state index in [4.69, 9.17) is 13.8 Å². The van der Waals surface area contributed by atoms with Crippen LogP contribution in [-0.2, 0) is 20.0 Å². The lowest BCUT2D eigenvalue weighted by atomic mass is 10.1. The molecule has 0 N–H and O–H groups in total. The van der Waals surface area contributed by atoms with Crippen molar-refractivity contribution in [2.75, 3.05) is 38.6 Å². The maximum Gasteiger partial charge on any atom is 0.367 e. The van der Waals surface area contributed by atoms with Crippen LogP contribution >= 0.6 is 18.9 Å². The van der Waals surface area contributed by atoms with Crippen LogP contribution in [0.1, 0.15) is 24.3 Å². The fraction of sp³-hybridized carbons (Fsp3) is 0.471. The summed E-state index contributed by atoms with van der Waals surface area (Å²) in [7, 11) is 0.783. The number of ether oxygens (including phenoxy) is 1. The fourth-order valence-electron chi connectivity index (χ4n) is 3.01. The highest BCUT2D eigenvalue weighted by Crippen LogP contribution is 2.51. The molecule has 0 atom stereocenters. The van der Waals surface area contributed by atoms with E-state index in [9.17, 15) is 4.57 Å². The molecule has 136 valence electrons. The molecule has 0 amide bonds. The SMILES string of the molecule is CCOP(=O)(COc1ccc(N(C)C)c2c1-c1ncsc1C2)OCC. The van der Waals surface area contributed by atoms with Gasteiger partial charge in [0, 0.05) is 36.6 Å². The average Bonchev–Trinajstić information content (AvgIpc) is 3.13. The minimum atomic E-state index is -3.26. The lowest BCUT2D eigenvalue weighted by Crippen LogP contribution is -2.12. The second kappa shape index (κ2) is 7.46. The van der Waals surface area contributed by atoms with Gasteiger partial charge in [-0.3, -0.25) is 4.57 Å². The van der Waals surface area contributed by atoms with Crippen LogP contribution in [0.25, 0.3) is 11.3 Å². The molecule has 2 aromatic rings. The molecule has 1 aromatic heterocycles. The van der Waals surface area contributed by atoms with Crippen LogP contribution in [0.5, 0.6) is 5.75 Å². The number of aromatic nitrogens is 1. The Hall–Kier alpha value is -1.40. The molecule has 0 radical (unpaired) electrons. The summed E-state index contributed by atoms with van der Waals surface area (Å²) >= 11 is 1.65. The van der Waals surface area contributed by atoms with E-state index in [0.717, 1.165) is 23.4 Å². The van der Waals surface area contributed by atoms with Crippen molar-refractivity contribution in [1.82, 2.24) is 4.98 Å². The summed E-state index contributed by atoms with van der Waals surface area (Å²) in [5, 5.41) is 0. The molecule has 1 aliphatic rings. The minimum absolute atomic E-state index is 0.109. The van der Waals surface area contributed by atoms with Crippen molar-refractivity contribution in [3.8, 4) is 17.0 Å². The van der Waals surface area contributed by atoms with E-state index < -0.39 is 7.60 Å². The van der Waals surface area contributed by atoms with Gasteiger partial charge < -0.3 is 18.7 Å². The van der Waals surface area contributed by atoms with Crippen molar-refractivity contribution in [2.45, 2.75) is 20.3 Å². The highest BCUT2D eigenvalue weighted by atomic mass is 32.1. The lowest BCUT2D eigenvalue weighted by Gasteiger charge is -2.21. The Morgan fingerprint density at radius 2 is 1.96 bits per heavy atom. The first kappa shape index (κ1) is 18.4. The van der Waals surface area contributed by atoms with Gasteiger partial charge in [-0.1, -0.05) is 0 Å². The largest absolute Gasteiger partial charge is 0.480 e. The van der Waals surface area contributed by atoms with Gasteiger partial charge in [-0.2, -0.15) is 0 Å². The number of thiazole rings is 1. The number of benzene rings is 1. The Bertz CT molecular complexity index is 796. The third-order valence-corrected chi connectivity index (χ3v) is 6.56. The van der Waals surface area contributed by atoms with E-state index in [1.165, 1.54) is 10.4 Å². The molecule has 0 bridgehead atoms. The molecule has 1 heterocycles. The van der Waals surface area contributed by atoms with E-state index in [1.54, 1.807) is 25.2 Å². The van der Waals surface area contributed by atoms with E-state index >= 15 is 0 Å². The molecule has 0 spiro atoms. The zero-order chi connectivity index (χ0) is 18.0. The van der Waals surface area contributed by atoms with Crippen molar-refractivity contribution in [1.29, 1.82) is 0 Å². The molecule has 0 unspecified atom stereocenters. The third kappa shape index (κ3) is 3.60. The monoisotopic (exact) mass is 382 g/mol. The van der Waals surface area contributed by atoms with Gasteiger partial charge in [0.1, 0.15) is 5.75 Å². The lowest BCUT2D eigenvalue weighted by molar-refractivity contribution is 0.197. The second-order valence-corrected chi connectivity index (χ2v) is 8.79. The smallest absolute Gasteiger partial charge is 0.367 e. The van der Waals surface area contributed by atoms with Crippen LogP contribution in [0.2, 0.25) is 0 Å². The average molecular weight is 382 g/mol. The van der Waals surface area contributed by atoms with Gasteiger partial charge in [-0.05, 0) is 31.5 Å². The molecule has 0 saturated carbocycles. The number of rotatable bonds is 8. The maximum atomic E-state index is 12.7. The van der Waals surface area contributed by atoms with Gasteiger partial charge in [-0.15, -0.1) is 11.3 Å². The summed E-state index contributed by atoms with van der Waals surface area (Å²) in [5.74, 6) is 0.671. The molecule has 6 nitrogen and oxygen atoms in total. The van der Waals surface area contributed by atoms with E-state index in [0.29, 0.717) is 19.0 Å². The van der Waals surface area contributed by atoms with E-state index in [1.807, 2.05) is 31.7 Å². The molecule has 1 aromatic carbocycles. The number of fused-ring (bicyclic) bond motifs is 3. The zero-order valence-corrected chi connectivity index (χ0v) is 16.7. The maximum absolute atomic E-state index is 12.7. The summed E-state index contributed by atoms with van der Waals surface area (Å²) < 4.78 is 29.2. The minimum Gasteiger partial charge on any atom is -0.480 e.